The van der Waals surface area contributed by atoms with Crippen LogP contribution >= 0.6 is 37.2 Å². The van der Waals surface area contributed by atoms with Crippen LogP contribution in [0.2, 0.25) is 0 Å². The van der Waals surface area contributed by atoms with Gasteiger partial charge in [0.15, 0.2) is 0 Å². The molecule has 1 aromatic rings. The van der Waals surface area contributed by atoms with Crippen molar-refractivity contribution in [1.82, 2.24) is 0 Å². The molecule has 13 heavy (non-hydrogen) atoms. The van der Waals surface area contributed by atoms with Crippen LogP contribution in [0.15, 0.2) is 6.07 Å². The highest BCUT2D eigenvalue weighted by Crippen LogP contribution is 2.26. The summed E-state index contributed by atoms with van der Waals surface area (Å²) in [5.74, 6) is 0.438. The molecule has 0 aliphatic heterocycles. The number of phenolic OH excluding ortho intramolecular Hbond substituents is 1. The largest absolute Gasteiger partial charge is 0.507 e. The van der Waals surface area contributed by atoms with E-state index in [1.54, 1.807) is 0 Å². The molecule has 1 rings (SSSR count). The van der Waals surface area contributed by atoms with Crippen LogP contribution < -0.4 is 0 Å². The first-order chi connectivity index (χ1) is 6.04. The Hall–Kier alpha value is 0.480. The van der Waals surface area contributed by atoms with Crippen molar-refractivity contribution < 1.29 is 5.11 Å². The summed E-state index contributed by atoms with van der Waals surface area (Å²) in [6, 6.07) is 2.01. The summed E-state index contributed by atoms with van der Waals surface area (Å²) < 4.78 is 0. The zero-order valence-electron chi connectivity index (χ0n) is 8.28. The lowest BCUT2D eigenvalue weighted by Crippen LogP contribution is -1.89. The second-order valence-corrected chi connectivity index (χ2v) is 3.11. The van der Waals surface area contributed by atoms with Crippen molar-refractivity contribution in [2.75, 3.05) is 0 Å². The van der Waals surface area contributed by atoms with Gasteiger partial charge in [-0.2, -0.15) is 0 Å². The Bertz CT molecular complexity index is 269. The Balaban J connectivity index is 0.000000671. The molecule has 0 fully saturated rings. The van der Waals surface area contributed by atoms with E-state index in [1.165, 1.54) is 11.1 Å². The van der Waals surface area contributed by atoms with Crippen LogP contribution in [-0.2, 0) is 0 Å². The molecule has 0 aromatic heterocycles. The molecule has 0 radical (unpaired) electrons. The monoisotopic (exact) mass is 404 g/mol. The number of benzene rings is 1. The summed E-state index contributed by atoms with van der Waals surface area (Å²) >= 11 is 4.24. The SMILES string of the molecule is Cc1cc(C)c(O)c(C)c1C.II. The summed E-state index contributed by atoms with van der Waals surface area (Å²) in [5.41, 5.74) is 4.40. The topological polar surface area (TPSA) is 20.2 Å². The van der Waals surface area contributed by atoms with E-state index in [1.807, 2.05) is 26.8 Å². The first-order valence-electron chi connectivity index (χ1n) is 3.94. The number of rotatable bonds is 0. The van der Waals surface area contributed by atoms with Gasteiger partial charge in [-0.15, -0.1) is 0 Å². The minimum absolute atomic E-state index is 0.438. The molecule has 1 aromatic carbocycles. The van der Waals surface area contributed by atoms with Gasteiger partial charge in [-0.05, 0) is 49.9 Å². The van der Waals surface area contributed by atoms with Gasteiger partial charge in [-0.1, -0.05) is 6.07 Å². The molecule has 0 heterocycles. The molecular weight excluding hydrogens is 390 g/mol. The molecule has 1 nitrogen and oxygen atoms in total. The Morgan fingerprint density at radius 1 is 0.923 bits per heavy atom. The first kappa shape index (κ1) is 13.5. The van der Waals surface area contributed by atoms with E-state index >= 15 is 0 Å². The highest BCUT2D eigenvalue weighted by Gasteiger charge is 2.04. The number of hydrogen-bond donors (Lipinski definition) is 1. The van der Waals surface area contributed by atoms with Crippen molar-refractivity contribution in [3.63, 3.8) is 0 Å². The predicted molar refractivity (Wildman–Crippen MR) is 75.1 cm³/mol. The van der Waals surface area contributed by atoms with Gasteiger partial charge in [0.05, 0.1) is 0 Å². The standard InChI is InChI=1S/C10H14O.I2/c1-6-5-7(2)10(11)9(4)8(6)3;1-2/h5,11H,1-4H3;. The fourth-order valence-electron chi connectivity index (χ4n) is 1.27. The number of phenols is 1. The maximum absolute atomic E-state index is 9.51. The maximum atomic E-state index is 9.51. The molecule has 0 unspecified atom stereocenters. The Kier molecular flexibility index (Phi) is 6.28. The highest BCUT2D eigenvalue weighted by molar-refractivity contribution is 15.0. The van der Waals surface area contributed by atoms with Gasteiger partial charge in [0.25, 0.3) is 0 Å². The third-order valence-corrected chi connectivity index (χ3v) is 2.32. The molecule has 0 bridgehead atoms. The zero-order chi connectivity index (χ0) is 10.6. The van der Waals surface area contributed by atoms with Crippen LogP contribution in [0.3, 0.4) is 0 Å². The molecule has 0 spiro atoms. The summed E-state index contributed by atoms with van der Waals surface area (Å²) in [4.78, 5) is 0. The van der Waals surface area contributed by atoms with Crippen LogP contribution in [-0.4, -0.2) is 5.11 Å². The van der Waals surface area contributed by atoms with E-state index in [2.05, 4.69) is 44.2 Å². The Morgan fingerprint density at radius 3 is 1.85 bits per heavy atom. The zero-order valence-corrected chi connectivity index (χ0v) is 12.6. The lowest BCUT2D eigenvalue weighted by atomic mass is 10.00. The van der Waals surface area contributed by atoms with Crippen molar-refractivity contribution in [2.45, 2.75) is 27.7 Å². The summed E-state index contributed by atoms with van der Waals surface area (Å²) in [5, 5.41) is 9.51. The lowest BCUT2D eigenvalue weighted by Gasteiger charge is -2.09. The minimum Gasteiger partial charge on any atom is -0.507 e. The molecule has 74 valence electrons. The fourth-order valence-corrected chi connectivity index (χ4v) is 1.27. The van der Waals surface area contributed by atoms with Gasteiger partial charge in [-0.3, -0.25) is 0 Å². The van der Waals surface area contributed by atoms with Crippen LogP contribution in [0.4, 0.5) is 0 Å². The molecular formula is C10H14I2O. The lowest BCUT2D eigenvalue weighted by molar-refractivity contribution is 0.466. The quantitative estimate of drug-likeness (QED) is 0.636. The van der Waals surface area contributed by atoms with E-state index in [0.717, 1.165) is 11.1 Å². The summed E-state index contributed by atoms with van der Waals surface area (Å²) in [6.07, 6.45) is 0. The average Bonchev–Trinajstić information content (AvgIpc) is 2.15. The van der Waals surface area contributed by atoms with E-state index < -0.39 is 0 Å². The molecule has 0 amide bonds. The van der Waals surface area contributed by atoms with Gasteiger partial charge in [0.1, 0.15) is 5.75 Å². The van der Waals surface area contributed by atoms with Crippen LogP contribution in [0.25, 0.3) is 0 Å². The van der Waals surface area contributed by atoms with Crippen molar-refractivity contribution >= 4 is 37.2 Å². The summed E-state index contributed by atoms with van der Waals surface area (Å²) in [7, 11) is 0. The number of aromatic hydroxyl groups is 1. The third-order valence-electron chi connectivity index (χ3n) is 2.32. The van der Waals surface area contributed by atoms with Gasteiger partial charge < -0.3 is 5.11 Å². The molecule has 0 atom stereocenters. The molecule has 1 N–H and O–H groups in total. The van der Waals surface area contributed by atoms with Crippen molar-refractivity contribution in [3.05, 3.63) is 28.3 Å². The van der Waals surface area contributed by atoms with Gasteiger partial charge in [-0.25, -0.2) is 0 Å². The third kappa shape index (κ3) is 3.27. The Morgan fingerprint density at radius 2 is 1.38 bits per heavy atom. The minimum atomic E-state index is 0.438. The molecule has 3 heteroatoms. The van der Waals surface area contributed by atoms with Gasteiger partial charge in [0, 0.05) is 37.2 Å². The Labute approximate surface area is 103 Å². The van der Waals surface area contributed by atoms with E-state index in [9.17, 15) is 5.11 Å². The van der Waals surface area contributed by atoms with Gasteiger partial charge in [0.2, 0.25) is 0 Å². The summed E-state index contributed by atoms with van der Waals surface area (Å²) in [6.45, 7) is 7.97. The first-order valence-corrected chi connectivity index (χ1v) is 10.2. The second-order valence-electron chi connectivity index (χ2n) is 3.11. The van der Waals surface area contributed by atoms with Crippen LogP contribution in [0.5, 0.6) is 5.75 Å². The molecule has 0 aliphatic rings. The van der Waals surface area contributed by atoms with E-state index in [-0.39, 0.29) is 0 Å². The number of hydrogen-bond acceptors (Lipinski definition) is 1. The van der Waals surface area contributed by atoms with Gasteiger partial charge >= 0.3 is 0 Å². The number of aryl methyl sites for hydroxylation is 2. The molecule has 0 saturated carbocycles. The van der Waals surface area contributed by atoms with E-state index in [0.29, 0.717) is 5.75 Å². The van der Waals surface area contributed by atoms with Crippen molar-refractivity contribution in [1.29, 1.82) is 0 Å². The predicted octanol–water partition coefficient (Wildman–Crippen LogP) is 4.40. The van der Waals surface area contributed by atoms with Crippen molar-refractivity contribution in [2.24, 2.45) is 0 Å². The fraction of sp³-hybridized carbons (Fsp3) is 0.400. The van der Waals surface area contributed by atoms with E-state index in [4.69, 9.17) is 0 Å². The highest BCUT2D eigenvalue weighted by atomic mass is 128. The molecule has 0 saturated heterocycles. The average molecular weight is 404 g/mol. The van der Waals surface area contributed by atoms with Crippen LogP contribution in [0, 0.1) is 27.7 Å². The van der Waals surface area contributed by atoms with Crippen molar-refractivity contribution in [3.8, 4) is 5.75 Å². The maximum Gasteiger partial charge on any atom is 0.121 e. The molecule has 0 aliphatic carbocycles. The smallest absolute Gasteiger partial charge is 0.121 e. The number of halogens is 2. The van der Waals surface area contributed by atoms with Crippen LogP contribution in [0.1, 0.15) is 22.3 Å². The second kappa shape index (κ2) is 6.06. The normalized spacial score (nSPS) is 9.08.